The molecule has 30 heavy (non-hydrogen) atoms. The van der Waals surface area contributed by atoms with E-state index in [2.05, 4.69) is 9.71 Å². The van der Waals surface area contributed by atoms with Crippen LogP contribution < -0.4 is 4.72 Å². The summed E-state index contributed by atoms with van der Waals surface area (Å²) in [4.78, 5) is 18.4. The van der Waals surface area contributed by atoms with Crippen LogP contribution in [0.2, 0.25) is 5.02 Å². The topological polar surface area (TPSA) is 84.3 Å². The van der Waals surface area contributed by atoms with Crippen LogP contribution in [0.1, 0.15) is 17.5 Å². The SMILES string of the molecule is Cc1ccc(S(=O)(=O)NC(=O)N(CCCn2ccnc2)Cc2ccccc2Cl)cc1. The molecule has 0 aliphatic carbocycles. The highest BCUT2D eigenvalue weighted by Crippen LogP contribution is 2.18. The number of carbonyl (C=O) groups is 1. The Morgan fingerprint density at radius 1 is 1.17 bits per heavy atom. The second-order valence-corrected chi connectivity index (χ2v) is 8.98. The number of hydrogen-bond donors (Lipinski definition) is 1. The van der Waals surface area contributed by atoms with Gasteiger partial charge in [0, 0.05) is 37.1 Å². The lowest BCUT2D eigenvalue weighted by Gasteiger charge is -2.24. The van der Waals surface area contributed by atoms with Gasteiger partial charge in [0.25, 0.3) is 10.0 Å². The van der Waals surface area contributed by atoms with Gasteiger partial charge in [0.2, 0.25) is 0 Å². The number of amides is 2. The first-order chi connectivity index (χ1) is 14.3. The number of hydrogen-bond acceptors (Lipinski definition) is 4. The number of carbonyl (C=O) groups excluding carboxylic acids is 1. The minimum absolute atomic E-state index is 0.0394. The number of aromatic nitrogens is 2. The first kappa shape index (κ1) is 21.9. The first-order valence-electron chi connectivity index (χ1n) is 9.43. The highest BCUT2D eigenvalue weighted by atomic mass is 35.5. The van der Waals surface area contributed by atoms with Gasteiger partial charge >= 0.3 is 6.03 Å². The molecule has 2 aromatic carbocycles. The number of aryl methyl sites for hydroxylation is 2. The van der Waals surface area contributed by atoms with Crippen molar-refractivity contribution in [3.8, 4) is 0 Å². The lowest BCUT2D eigenvalue weighted by atomic mass is 10.2. The van der Waals surface area contributed by atoms with Crippen LogP contribution >= 0.6 is 11.6 Å². The van der Waals surface area contributed by atoms with Crippen LogP contribution in [0, 0.1) is 6.92 Å². The quantitative estimate of drug-likeness (QED) is 0.569. The summed E-state index contributed by atoms with van der Waals surface area (Å²) in [7, 11) is -3.98. The fourth-order valence-corrected chi connectivity index (χ4v) is 4.07. The van der Waals surface area contributed by atoms with E-state index < -0.39 is 16.1 Å². The van der Waals surface area contributed by atoms with Gasteiger partial charge in [-0.15, -0.1) is 0 Å². The molecule has 0 atom stereocenters. The van der Waals surface area contributed by atoms with E-state index in [9.17, 15) is 13.2 Å². The van der Waals surface area contributed by atoms with E-state index in [0.29, 0.717) is 24.5 Å². The predicted molar refractivity (Wildman–Crippen MR) is 116 cm³/mol. The van der Waals surface area contributed by atoms with Crippen molar-refractivity contribution < 1.29 is 13.2 Å². The number of halogens is 1. The molecule has 3 aromatic rings. The summed E-state index contributed by atoms with van der Waals surface area (Å²) >= 11 is 6.24. The molecular weight excluding hydrogens is 424 g/mol. The number of nitrogens with one attached hydrogen (secondary N) is 1. The summed E-state index contributed by atoms with van der Waals surface area (Å²) in [5.74, 6) is 0. The Balaban J connectivity index is 1.74. The summed E-state index contributed by atoms with van der Waals surface area (Å²) in [6, 6.07) is 12.8. The number of imidazole rings is 1. The van der Waals surface area contributed by atoms with Crippen molar-refractivity contribution in [3.05, 3.63) is 83.4 Å². The van der Waals surface area contributed by atoms with Crippen molar-refractivity contribution in [1.29, 1.82) is 0 Å². The van der Waals surface area contributed by atoms with E-state index in [0.717, 1.165) is 11.1 Å². The van der Waals surface area contributed by atoms with Gasteiger partial charge in [-0.05, 0) is 37.1 Å². The Morgan fingerprint density at radius 2 is 1.90 bits per heavy atom. The lowest BCUT2D eigenvalue weighted by Crippen LogP contribution is -2.43. The van der Waals surface area contributed by atoms with Gasteiger partial charge in [0.1, 0.15) is 0 Å². The van der Waals surface area contributed by atoms with Crippen LogP contribution in [0.4, 0.5) is 4.79 Å². The maximum absolute atomic E-state index is 12.9. The van der Waals surface area contributed by atoms with Crippen LogP contribution in [-0.2, 0) is 23.1 Å². The fourth-order valence-electron chi connectivity index (χ4n) is 2.90. The van der Waals surface area contributed by atoms with Gasteiger partial charge in [-0.25, -0.2) is 22.9 Å². The van der Waals surface area contributed by atoms with Crippen molar-refractivity contribution in [2.75, 3.05) is 6.54 Å². The number of nitrogens with zero attached hydrogens (tertiary/aromatic N) is 3. The van der Waals surface area contributed by atoms with Crippen molar-refractivity contribution in [2.45, 2.75) is 31.3 Å². The second-order valence-electron chi connectivity index (χ2n) is 6.89. The molecule has 0 saturated heterocycles. The summed E-state index contributed by atoms with van der Waals surface area (Å²) in [5, 5.41) is 0.520. The summed E-state index contributed by atoms with van der Waals surface area (Å²) in [6.07, 6.45) is 5.84. The molecule has 3 rings (SSSR count). The van der Waals surface area contributed by atoms with E-state index in [1.165, 1.54) is 17.0 Å². The standard InChI is InChI=1S/C21H23ClN4O3S/c1-17-7-9-19(10-8-17)30(28,29)24-21(27)26(13-4-12-25-14-11-23-16-25)15-18-5-2-3-6-20(18)22/h2-3,5-11,14,16H,4,12-13,15H2,1H3,(H,24,27). The number of rotatable bonds is 8. The smallest absolute Gasteiger partial charge is 0.331 e. The monoisotopic (exact) mass is 446 g/mol. The maximum atomic E-state index is 12.9. The van der Waals surface area contributed by atoms with Gasteiger partial charge in [-0.3, -0.25) is 0 Å². The molecule has 0 saturated carbocycles. The van der Waals surface area contributed by atoms with E-state index >= 15 is 0 Å². The van der Waals surface area contributed by atoms with Gasteiger partial charge in [-0.2, -0.15) is 0 Å². The minimum atomic E-state index is -3.98. The summed E-state index contributed by atoms with van der Waals surface area (Å²) < 4.78 is 29.4. The normalized spacial score (nSPS) is 11.3. The molecule has 1 heterocycles. The van der Waals surface area contributed by atoms with Crippen LogP contribution in [0.3, 0.4) is 0 Å². The van der Waals surface area contributed by atoms with Crippen LogP contribution in [0.25, 0.3) is 0 Å². The zero-order chi connectivity index (χ0) is 21.6. The zero-order valence-electron chi connectivity index (χ0n) is 16.5. The second kappa shape index (κ2) is 9.77. The van der Waals surface area contributed by atoms with E-state index in [-0.39, 0.29) is 11.4 Å². The van der Waals surface area contributed by atoms with Crippen molar-refractivity contribution >= 4 is 27.7 Å². The molecule has 7 nitrogen and oxygen atoms in total. The highest BCUT2D eigenvalue weighted by molar-refractivity contribution is 7.90. The fraction of sp³-hybridized carbons (Fsp3) is 0.238. The van der Waals surface area contributed by atoms with Crippen LogP contribution in [0.5, 0.6) is 0 Å². The summed E-state index contributed by atoms with van der Waals surface area (Å²) in [5.41, 5.74) is 1.67. The maximum Gasteiger partial charge on any atom is 0.331 e. The molecule has 1 aromatic heterocycles. The van der Waals surface area contributed by atoms with Crippen molar-refractivity contribution in [1.82, 2.24) is 19.2 Å². The summed E-state index contributed by atoms with van der Waals surface area (Å²) in [6.45, 7) is 3.05. The van der Waals surface area contributed by atoms with Gasteiger partial charge < -0.3 is 9.47 Å². The molecule has 0 bridgehead atoms. The Labute approximate surface area is 181 Å². The third-order valence-electron chi connectivity index (χ3n) is 4.56. The highest BCUT2D eigenvalue weighted by Gasteiger charge is 2.22. The molecule has 1 N–H and O–H groups in total. The van der Waals surface area contributed by atoms with Gasteiger partial charge in [0.15, 0.2) is 0 Å². The molecule has 0 unspecified atom stereocenters. The predicted octanol–water partition coefficient (Wildman–Crippen LogP) is 3.84. The zero-order valence-corrected chi connectivity index (χ0v) is 18.1. The van der Waals surface area contributed by atoms with E-state index in [1.54, 1.807) is 36.8 Å². The minimum Gasteiger partial charge on any atom is -0.337 e. The molecule has 0 radical (unpaired) electrons. The molecule has 0 spiro atoms. The van der Waals surface area contributed by atoms with Gasteiger partial charge in [0.05, 0.1) is 11.2 Å². The Morgan fingerprint density at radius 3 is 2.57 bits per heavy atom. The number of benzene rings is 2. The molecule has 2 amide bonds. The molecule has 158 valence electrons. The molecular formula is C21H23ClN4O3S. The third kappa shape index (κ3) is 5.84. The third-order valence-corrected chi connectivity index (χ3v) is 6.27. The average molecular weight is 447 g/mol. The number of urea groups is 1. The van der Waals surface area contributed by atoms with E-state index in [1.807, 2.05) is 29.8 Å². The van der Waals surface area contributed by atoms with Crippen LogP contribution in [-0.4, -0.2) is 35.4 Å². The first-order valence-corrected chi connectivity index (χ1v) is 11.3. The van der Waals surface area contributed by atoms with E-state index in [4.69, 9.17) is 11.6 Å². The Hall–Kier alpha value is -2.84. The number of sulfonamides is 1. The van der Waals surface area contributed by atoms with Crippen molar-refractivity contribution in [2.24, 2.45) is 0 Å². The molecule has 0 aliphatic heterocycles. The van der Waals surface area contributed by atoms with Gasteiger partial charge in [-0.1, -0.05) is 47.5 Å². The molecule has 0 aliphatic rings. The Bertz CT molecular complexity index is 1080. The van der Waals surface area contributed by atoms with Crippen LogP contribution in [0.15, 0.2) is 72.1 Å². The van der Waals surface area contributed by atoms with Crippen molar-refractivity contribution in [3.63, 3.8) is 0 Å². The molecule has 0 fully saturated rings. The average Bonchev–Trinajstić information content (AvgIpc) is 3.22. The largest absolute Gasteiger partial charge is 0.337 e. The lowest BCUT2D eigenvalue weighted by molar-refractivity contribution is 0.199. The molecule has 9 heteroatoms. The Kier molecular flexibility index (Phi) is 7.12.